The van der Waals surface area contributed by atoms with Gasteiger partial charge in [0.25, 0.3) is 0 Å². The number of esters is 2. The first kappa shape index (κ1) is 18.2. The molecule has 0 aromatic heterocycles. The Morgan fingerprint density at radius 1 is 0.852 bits per heavy atom. The summed E-state index contributed by atoms with van der Waals surface area (Å²) in [7, 11) is 2.45. The molecule has 0 bridgehead atoms. The predicted octanol–water partition coefficient (Wildman–Crippen LogP) is 3.47. The lowest BCUT2D eigenvalue weighted by molar-refractivity contribution is 0.0555. The molecule has 3 rings (SSSR count). The van der Waals surface area contributed by atoms with Gasteiger partial charge >= 0.3 is 17.9 Å². The SMILES string of the molecule is COC(=O)c1cc2c(cc1C(=O)OC)N=Nc1cc(C(=O)O)ccc1CC2. The average molecular weight is 368 g/mol. The minimum Gasteiger partial charge on any atom is -0.478 e. The van der Waals surface area contributed by atoms with Crippen molar-refractivity contribution in [1.82, 2.24) is 0 Å². The number of methoxy groups -OCH3 is 2. The highest BCUT2D eigenvalue weighted by atomic mass is 16.5. The largest absolute Gasteiger partial charge is 0.478 e. The average Bonchev–Trinajstić information content (AvgIpc) is 2.67. The summed E-state index contributed by atoms with van der Waals surface area (Å²) in [6.45, 7) is 0. The summed E-state index contributed by atoms with van der Waals surface area (Å²) in [4.78, 5) is 35.3. The molecule has 2 aromatic carbocycles. The van der Waals surface area contributed by atoms with Crippen LogP contribution < -0.4 is 0 Å². The second-order valence-corrected chi connectivity index (χ2v) is 5.86. The number of aryl methyl sites for hydroxylation is 2. The van der Waals surface area contributed by atoms with Crippen molar-refractivity contribution in [3.05, 3.63) is 58.1 Å². The van der Waals surface area contributed by atoms with Crippen LogP contribution in [-0.2, 0) is 22.3 Å². The maximum Gasteiger partial charge on any atom is 0.338 e. The third-order valence-corrected chi connectivity index (χ3v) is 4.29. The van der Waals surface area contributed by atoms with Crippen LogP contribution in [0.4, 0.5) is 11.4 Å². The van der Waals surface area contributed by atoms with Gasteiger partial charge in [-0.05, 0) is 48.2 Å². The first-order valence-electron chi connectivity index (χ1n) is 8.06. The maximum atomic E-state index is 12.1. The number of hydrogen-bond acceptors (Lipinski definition) is 7. The summed E-state index contributed by atoms with van der Waals surface area (Å²) >= 11 is 0. The Hall–Kier alpha value is -3.55. The zero-order valence-electron chi connectivity index (χ0n) is 14.7. The zero-order chi connectivity index (χ0) is 19.6. The Bertz CT molecular complexity index is 980. The molecular weight excluding hydrogens is 352 g/mol. The third kappa shape index (κ3) is 3.55. The Morgan fingerprint density at radius 3 is 2.00 bits per heavy atom. The lowest BCUT2D eigenvalue weighted by atomic mass is 9.96. The van der Waals surface area contributed by atoms with E-state index in [2.05, 4.69) is 10.2 Å². The van der Waals surface area contributed by atoms with Crippen LogP contribution in [0.2, 0.25) is 0 Å². The number of fused-ring (bicyclic) bond motifs is 2. The number of ether oxygens (including phenoxy) is 2. The van der Waals surface area contributed by atoms with E-state index >= 15 is 0 Å². The van der Waals surface area contributed by atoms with Gasteiger partial charge in [0, 0.05) is 0 Å². The van der Waals surface area contributed by atoms with E-state index in [1.54, 1.807) is 12.1 Å². The Labute approximate surface area is 154 Å². The Balaban J connectivity index is 2.12. The van der Waals surface area contributed by atoms with Gasteiger partial charge in [-0.3, -0.25) is 0 Å². The summed E-state index contributed by atoms with van der Waals surface area (Å²) in [6.07, 6.45) is 1.10. The zero-order valence-corrected chi connectivity index (χ0v) is 14.7. The molecule has 8 heteroatoms. The summed E-state index contributed by atoms with van der Waals surface area (Å²) in [5, 5.41) is 17.4. The van der Waals surface area contributed by atoms with Crippen molar-refractivity contribution < 1.29 is 29.0 Å². The molecule has 2 aromatic rings. The van der Waals surface area contributed by atoms with Crippen molar-refractivity contribution in [1.29, 1.82) is 0 Å². The number of rotatable bonds is 3. The molecule has 27 heavy (non-hydrogen) atoms. The lowest BCUT2D eigenvalue weighted by Crippen LogP contribution is -2.13. The molecule has 1 aliphatic heterocycles. The number of aromatic carboxylic acids is 1. The van der Waals surface area contributed by atoms with E-state index in [1.165, 1.54) is 32.4 Å². The van der Waals surface area contributed by atoms with E-state index < -0.39 is 17.9 Å². The number of azo groups is 1. The van der Waals surface area contributed by atoms with Crippen molar-refractivity contribution in [2.45, 2.75) is 12.8 Å². The minimum absolute atomic E-state index is 0.0298. The van der Waals surface area contributed by atoms with Crippen LogP contribution in [0.5, 0.6) is 0 Å². The van der Waals surface area contributed by atoms with Crippen molar-refractivity contribution in [3.8, 4) is 0 Å². The van der Waals surface area contributed by atoms with Crippen LogP contribution in [0.15, 0.2) is 40.6 Å². The van der Waals surface area contributed by atoms with Gasteiger partial charge in [-0.15, -0.1) is 0 Å². The molecule has 0 spiro atoms. The molecule has 1 heterocycles. The molecule has 0 aliphatic carbocycles. The van der Waals surface area contributed by atoms with Crippen molar-refractivity contribution in [2.24, 2.45) is 10.2 Å². The number of carboxylic acid groups (broad SMARTS) is 1. The van der Waals surface area contributed by atoms with Crippen LogP contribution in [0.25, 0.3) is 0 Å². The smallest absolute Gasteiger partial charge is 0.338 e. The number of benzene rings is 2. The molecule has 1 N–H and O–H groups in total. The van der Waals surface area contributed by atoms with Crippen LogP contribution in [-0.4, -0.2) is 37.2 Å². The van der Waals surface area contributed by atoms with Gasteiger partial charge in [0.1, 0.15) is 0 Å². The fraction of sp³-hybridized carbons (Fsp3) is 0.211. The van der Waals surface area contributed by atoms with Crippen molar-refractivity contribution in [3.63, 3.8) is 0 Å². The molecule has 0 saturated carbocycles. The quantitative estimate of drug-likeness (QED) is 0.830. The van der Waals surface area contributed by atoms with Gasteiger partial charge in [-0.25, -0.2) is 14.4 Å². The molecule has 138 valence electrons. The molecule has 1 aliphatic rings. The highest BCUT2D eigenvalue weighted by molar-refractivity contribution is 6.04. The lowest BCUT2D eigenvalue weighted by Gasteiger charge is -2.14. The molecule has 0 radical (unpaired) electrons. The van der Waals surface area contributed by atoms with Gasteiger partial charge in [-0.1, -0.05) is 6.07 Å². The fourth-order valence-corrected chi connectivity index (χ4v) is 2.86. The highest BCUT2D eigenvalue weighted by Crippen LogP contribution is 2.33. The highest BCUT2D eigenvalue weighted by Gasteiger charge is 2.22. The number of carboxylic acids is 1. The first-order chi connectivity index (χ1) is 12.9. The van der Waals surface area contributed by atoms with Crippen LogP contribution in [0, 0.1) is 0 Å². The van der Waals surface area contributed by atoms with Gasteiger partial charge in [0.2, 0.25) is 0 Å². The topological polar surface area (TPSA) is 115 Å². The van der Waals surface area contributed by atoms with E-state index in [-0.39, 0.29) is 16.7 Å². The van der Waals surface area contributed by atoms with Crippen LogP contribution in [0.3, 0.4) is 0 Å². The summed E-state index contributed by atoms with van der Waals surface area (Å²) in [5.41, 5.74) is 2.67. The summed E-state index contributed by atoms with van der Waals surface area (Å²) in [6, 6.07) is 7.66. The molecule has 0 saturated heterocycles. The van der Waals surface area contributed by atoms with Crippen molar-refractivity contribution in [2.75, 3.05) is 14.2 Å². The second kappa shape index (κ2) is 7.36. The molecular formula is C19H16N2O6. The monoisotopic (exact) mass is 368 g/mol. The number of nitrogens with zero attached hydrogens (tertiary/aromatic N) is 2. The summed E-state index contributed by atoms with van der Waals surface area (Å²) in [5.74, 6) is -2.39. The number of hydrogen-bond donors (Lipinski definition) is 1. The van der Waals surface area contributed by atoms with E-state index in [0.717, 1.165) is 11.1 Å². The van der Waals surface area contributed by atoms with E-state index in [4.69, 9.17) is 14.6 Å². The molecule has 0 amide bonds. The Morgan fingerprint density at radius 2 is 1.41 bits per heavy atom. The normalized spacial score (nSPS) is 12.2. The maximum absolute atomic E-state index is 12.1. The Kier molecular flexibility index (Phi) is 4.98. The minimum atomic E-state index is -1.05. The second-order valence-electron chi connectivity index (χ2n) is 5.86. The molecule has 0 fully saturated rings. The predicted molar refractivity (Wildman–Crippen MR) is 94.1 cm³/mol. The molecule has 0 atom stereocenters. The van der Waals surface area contributed by atoms with E-state index in [0.29, 0.717) is 24.2 Å². The van der Waals surface area contributed by atoms with Gasteiger partial charge in [0.05, 0.1) is 42.3 Å². The fourth-order valence-electron chi connectivity index (χ4n) is 2.86. The standard InChI is InChI=1S/C19H16N2O6/c1-26-18(24)13-7-11-5-3-10-4-6-12(17(22)23)8-15(10)20-21-16(11)9-14(13)19(25)27-2/h4,6-9H,3,5H2,1-2H3,(H,22,23). The number of carbonyl (C=O) groups is 3. The molecule has 0 unspecified atom stereocenters. The van der Waals surface area contributed by atoms with Gasteiger partial charge < -0.3 is 14.6 Å². The van der Waals surface area contributed by atoms with E-state index in [1.807, 2.05) is 0 Å². The van der Waals surface area contributed by atoms with Crippen LogP contribution >= 0.6 is 0 Å². The van der Waals surface area contributed by atoms with Gasteiger partial charge in [0.15, 0.2) is 0 Å². The van der Waals surface area contributed by atoms with Gasteiger partial charge in [-0.2, -0.15) is 10.2 Å². The molecule has 8 nitrogen and oxygen atoms in total. The number of carbonyl (C=O) groups excluding carboxylic acids is 2. The van der Waals surface area contributed by atoms with Crippen LogP contribution in [0.1, 0.15) is 42.2 Å². The first-order valence-corrected chi connectivity index (χ1v) is 8.06. The summed E-state index contributed by atoms with van der Waals surface area (Å²) < 4.78 is 9.49. The van der Waals surface area contributed by atoms with Crippen molar-refractivity contribution >= 4 is 29.3 Å². The van der Waals surface area contributed by atoms with E-state index in [9.17, 15) is 14.4 Å². The third-order valence-electron chi connectivity index (χ3n) is 4.29.